The Morgan fingerprint density at radius 3 is 2.60 bits per heavy atom. The van der Waals surface area contributed by atoms with Crippen LogP contribution in [0.2, 0.25) is 0 Å². The molecular formula is C28H39N5O7. The summed E-state index contributed by atoms with van der Waals surface area (Å²) in [7, 11) is 1.65. The van der Waals surface area contributed by atoms with Gasteiger partial charge in [0.2, 0.25) is 5.91 Å². The van der Waals surface area contributed by atoms with E-state index in [1.165, 1.54) is 4.90 Å². The van der Waals surface area contributed by atoms with Crippen molar-refractivity contribution in [2.24, 2.45) is 11.8 Å². The lowest BCUT2D eigenvalue weighted by Crippen LogP contribution is -2.50. The molecule has 0 saturated carbocycles. The van der Waals surface area contributed by atoms with Gasteiger partial charge in [-0.3, -0.25) is 9.59 Å². The molecule has 3 heterocycles. The number of rotatable bonds is 7. The Balaban J connectivity index is 1.63. The van der Waals surface area contributed by atoms with Crippen LogP contribution in [0.1, 0.15) is 48.5 Å². The first-order valence-corrected chi connectivity index (χ1v) is 13.7. The largest absolute Gasteiger partial charge is 0.485 e. The molecule has 1 saturated heterocycles. The lowest BCUT2D eigenvalue weighted by molar-refractivity contribution is -0.122. The minimum atomic E-state index is -0.540. The average Bonchev–Trinajstić information content (AvgIpc) is 3.27. The van der Waals surface area contributed by atoms with Crippen molar-refractivity contribution in [3.8, 4) is 5.75 Å². The maximum atomic E-state index is 13.7. The molecule has 2 aliphatic heterocycles. The van der Waals surface area contributed by atoms with E-state index >= 15 is 0 Å². The number of amides is 4. The van der Waals surface area contributed by atoms with Crippen molar-refractivity contribution in [2.75, 3.05) is 50.6 Å². The highest BCUT2D eigenvalue weighted by atomic mass is 16.5. The van der Waals surface area contributed by atoms with Crippen LogP contribution in [-0.4, -0.2) is 90.0 Å². The van der Waals surface area contributed by atoms with Gasteiger partial charge in [0.25, 0.3) is 5.91 Å². The van der Waals surface area contributed by atoms with Crippen molar-refractivity contribution in [3.63, 3.8) is 0 Å². The van der Waals surface area contributed by atoms with Crippen LogP contribution in [0.5, 0.6) is 5.75 Å². The number of nitrogens with one attached hydrogen (secondary N) is 2. The minimum Gasteiger partial charge on any atom is -0.485 e. The Hall–Kier alpha value is -3.64. The van der Waals surface area contributed by atoms with E-state index in [4.69, 9.17) is 14.0 Å². The van der Waals surface area contributed by atoms with Crippen LogP contribution >= 0.6 is 0 Å². The lowest BCUT2D eigenvalue weighted by Gasteiger charge is -2.38. The number of nitrogens with zero attached hydrogens (tertiary/aromatic N) is 3. The summed E-state index contributed by atoms with van der Waals surface area (Å²) in [4.78, 5) is 43.0. The number of benzene rings is 1. The Kier molecular flexibility index (Phi) is 9.31. The third-order valence-corrected chi connectivity index (χ3v) is 7.61. The summed E-state index contributed by atoms with van der Waals surface area (Å²) in [6.45, 7) is 8.51. The van der Waals surface area contributed by atoms with Crippen LogP contribution in [0.4, 0.5) is 16.2 Å². The standard InChI is InChI=1S/C28H39N5O7/c1-16-13-33(17(2)15-34)27(36)21-7-6-8-22(29-26(35)20-9-11-38-12-10-20)25(21)39-23(16)14-32(5)28(37)30-24-18(3)31-40-19(24)4/h6-8,16-17,20,23,34H,9-15H2,1-5H3,(H,29,35)(H,30,37)/t16-,17+,23+/m0/s1. The number of carbonyl (C=O) groups excluding carboxylic acids is 3. The number of aryl methyl sites for hydroxylation is 2. The maximum Gasteiger partial charge on any atom is 0.321 e. The van der Waals surface area contributed by atoms with E-state index in [-0.39, 0.29) is 54.1 Å². The number of urea groups is 1. The van der Waals surface area contributed by atoms with Gasteiger partial charge in [0.15, 0.2) is 11.5 Å². The molecule has 3 atom stereocenters. The zero-order valence-corrected chi connectivity index (χ0v) is 23.7. The van der Waals surface area contributed by atoms with Crippen molar-refractivity contribution < 1.29 is 33.5 Å². The van der Waals surface area contributed by atoms with Crippen LogP contribution in [-0.2, 0) is 9.53 Å². The Morgan fingerprint density at radius 1 is 1.23 bits per heavy atom. The number of fused-ring (bicyclic) bond motifs is 1. The van der Waals surface area contributed by atoms with E-state index in [0.717, 1.165) is 0 Å². The second-order valence-corrected chi connectivity index (χ2v) is 10.7. The molecule has 4 rings (SSSR count). The Bertz CT molecular complexity index is 1210. The molecule has 0 spiro atoms. The van der Waals surface area contributed by atoms with Crippen LogP contribution in [0, 0.1) is 25.7 Å². The van der Waals surface area contributed by atoms with Gasteiger partial charge in [0.05, 0.1) is 30.4 Å². The molecule has 2 aliphatic rings. The number of ether oxygens (including phenoxy) is 2. The van der Waals surface area contributed by atoms with Gasteiger partial charge in [-0.05, 0) is 45.7 Å². The number of carbonyl (C=O) groups is 3. The highest BCUT2D eigenvalue weighted by Gasteiger charge is 2.35. The SMILES string of the molecule is Cc1noc(C)c1NC(=O)N(C)C[C@H]1Oc2c(NC(=O)C3CCOCC3)cccc2C(=O)N([C@H](C)CO)C[C@@H]1C. The molecule has 0 aliphatic carbocycles. The molecule has 12 nitrogen and oxygen atoms in total. The first-order chi connectivity index (χ1) is 19.1. The van der Waals surface area contributed by atoms with Gasteiger partial charge in [-0.1, -0.05) is 18.1 Å². The lowest BCUT2D eigenvalue weighted by atomic mass is 9.98. The normalized spacial score (nSPS) is 20.6. The third-order valence-electron chi connectivity index (χ3n) is 7.61. The summed E-state index contributed by atoms with van der Waals surface area (Å²) in [5.74, 6) is -0.127. The van der Waals surface area contributed by atoms with Gasteiger partial charge in [0, 0.05) is 38.6 Å². The molecule has 1 aromatic heterocycles. The molecule has 218 valence electrons. The van der Waals surface area contributed by atoms with E-state index < -0.39 is 12.1 Å². The topological polar surface area (TPSA) is 146 Å². The number of aliphatic hydroxyl groups is 1. The van der Waals surface area contributed by atoms with Crippen LogP contribution < -0.4 is 15.4 Å². The van der Waals surface area contributed by atoms with Crippen LogP contribution in [0.15, 0.2) is 22.7 Å². The van der Waals surface area contributed by atoms with Crippen molar-refractivity contribution >= 4 is 29.2 Å². The van der Waals surface area contributed by atoms with Crippen molar-refractivity contribution in [1.82, 2.24) is 15.0 Å². The molecule has 1 aromatic carbocycles. The zero-order valence-electron chi connectivity index (χ0n) is 23.7. The number of aliphatic hydroxyl groups excluding tert-OH is 1. The van der Waals surface area contributed by atoms with Crippen LogP contribution in [0.25, 0.3) is 0 Å². The average molecular weight is 558 g/mol. The van der Waals surface area contributed by atoms with E-state index in [9.17, 15) is 19.5 Å². The fraction of sp³-hybridized carbons (Fsp3) is 0.571. The highest BCUT2D eigenvalue weighted by Crippen LogP contribution is 2.35. The Morgan fingerprint density at radius 2 is 1.95 bits per heavy atom. The van der Waals surface area contributed by atoms with Gasteiger partial charge in [-0.15, -0.1) is 0 Å². The molecule has 1 fully saturated rings. The number of anilines is 2. The molecule has 0 unspecified atom stereocenters. The van der Waals surface area contributed by atoms with E-state index in [1.807, 2.05) is 6.92 Å². The summed E-state index contributed by atoms with van der Waals surface area (Å²) in [6.07, 6.45) is 0.696. The monoisotopic (exact) mass is 557 g/mol. The van der Waals surface area contributed by atoms with Crippen molar-refractivity contribution in [2.45, 2.75) is 52.7 Å². The third kappa shape index (κ3) is 6.39. The Labute approximate surface area is 234 Å². The smallest absolute Gasteiger partial charge is 0.321 e. The minimum absolute atomic E-state index is 0.157. The first kappa shape index (κ1) is 29.3. The molecule has 0 bridgehead atoms. The fourth-order valence-corrected chi connectivity index (χ4v) is 4.97. The second-order valence-electron chi connectivity index (χ2n) is 10.7. The van der Waals surface area contributed by atoms with E-state index in [1.54, 1.807) is 50.9 Å². The molecule has 12 heteroatoms. The van der Waals surface area contributed by atoms with Gasteiger partial charge < -0.3 is 39.5 Å². The predicted octanol–water partition coefficient (Wildman–Crippen LogP) is 3.04. The van der Waals surface area contributed by atoms with Gasteiger partial charge >= 0.3 is 6.03 Å². The molecule has 2 aromatic rings. The number of aromatic nitrogens is 1. The molecule has 4 amide bonds. The highest BCUT2D eigenvalue weighted by molar-refractivity contribution is 6.02. The van der Waals surface area contributed by atoms with Crippen molar-refractivity contribution in [1.29, 1.82) is 0 Å². The second kappa shape index (κ2) is 12.7. The summed E-state index contributed by atoms with van der Waals surface area (Å²) < 4.78 is 17.0. The van der Waals surface area contributed by atoms with Crippen molar-refractivity contribution in [3.05, 3.63) is 35.2 Å². The van der Waals surface area contributed by atoms with E-state index in [2.05, 4.69) is 15.8 Å². The van der Waals surface area contributed by atoms with Gasteiger partial charge in [0.1, 0.15) is 17.5 Å². The molecule has 0 radical (unpaired) electrons. The van der Waals surface area contributed by atoms with Gasteiger partial charge in [-0.25, -0.2) is 4.79 Å². The van der Waals surface area contributed by atoms with E-state index in [0.29, 0.717) is 55.4 Å². The number of hydrogen-bond acceptors (Lipinski definition) is 8. The summed E-state index contributed by atoms with van der Waals surface area (Å²) in [5.41, 5.74) is 1.76. The van der Waals surface area contributed by atoms with Crippen LogP contribution in [0.3, 0.4) is 0 Å². The quantitative estimate of drug-likeness (QED) is 0.471. The molecule has 3 N–H and O–H groups in total. The summed E-state index contributed by atoms with van der Waals surface area (Å²) >= 11 is 0. The number of para-hydroxylation sites is 1. The number of hydrogen-bond donors (Lipinski definition) is 3. The first-order valence-electron chi connectivity index (χ1n) is 13.7. The predicted molar refractivity (Wildman–Crippen MR) is 147 cm³/mol. The molecular weight excluding hydrogens is 518 g/mol. The van der Waals surface area contributed by atoms with Gasteiger partial charge in [-0.2, -0.15) is 0 Å². The maximum absolute atomic E-state index is 13.7. The summed E-state index contributed by atoms with van der Waals surface area (Å²) in [6, 6.07) is 4.25. The fourth-order valence-electron chi connectivity index (χ4n) is 4.97. The molecule has 40 heavy (non-hydrogen) atoms. The summed E-state index contributed by atoms with van der Waals surface area (Å²) in [5, 5.41) is 19.6. The zero-order chi connectivity index (χ0) is 29.0. The number of likely N-dealkylation sites (N-methyl/N-ethyl adjacent to an activating group) is 1.